The molecule has 112 valence electrons. The van der Waals surface area contributed by atoms with E-state index in [2.05, 4.69) is 9.88 Å². The first kappa shape index (κ1) is 14.4. The van der Waals surface area contributed by atoms with Crippen LogP contribution in [0.2, 0.25) is 0 Å². The molecule has 1 aromatic rings. The predicted molar refractivity (Wildman–Crippen MR) is 76.9 cm³/mol. The second-order valence-corrected chi connectivity index (χ2v) is 7.52. The molecule has 3 rings (SSSR count). The van der Waals surface area contributed by atoms with Crippen molar-refractivity contribution in [2.24, 2.45) is 5.92 Å². The summed E-state index contributed by atoms with van der Waals surface area (Å²) < 4.78 is 26.7. The third-order valence-electron chi connectivity index (χ3n) is 4.04. The van der Waals surface area contributed by atoms with E-state index in [0.717, 1.165) is 25.6 Å². The molecule has 0 unspecified atom stereocenters. The second-order valence-electron chi connectivity index (χ2n) is 5.61. The van der Waals surface area contributed by atoms with Gasteiger partial charge in [-0.2, -0.15) is 9.57 Å². The van der Waals surface area contributed by atoms with E-state index >= 15 is 0 Å². The summed E-state index contributed by atoms with van der Waals surface area (Å²) in [5.41, 5.74) is -0.0297. The monoisotopic (exact) mass is 306 g/mol. The number of nitrogens with zero attached hydrogens (tertiary/aromatic N) is 4. The summed E-state index contributed by atoms with van der Waals surface area (Å²) in [6.45, 7) is 3.57. The number of nitriles is 1. The van der Waals surface area contributed by atoms with Gasteiger partial charge in [0.05, 0.1) is 0 Å². The van der Waals surface area contributed by atoms with Gasteiger partial charge < -0.3 is 4.90 Å². The molecule has 0 radical (unpaired) electrons. The molecule has 1 saturated heterocycles. The minimum atomic E-state index is -3.62. The van der Waals surface area contributed by atoms with Gasteiger partial charge in [-0.15, -0.1) is 0 Å². The lowest BCUT2D eigenvalue weighted by Crippen LogP contribution is -2.49. The van der Waals surface area contributed by atoms with E-state index in [-0.39, 0.29) is 10.6 Å². The highest BCUT2D eigenvalue weighted by Gasteiger charge is 2.32. The zero-order valence-electron chi connectivity index (χ0n) is 11.8. The number of piperazine rings is 1. The first-order chi connectivity index (χ1) is 10.1. The van der Waals surface area contributed by atoms with Crippen molar-refractivity contribution in [3.05, 3.63) is 24.0 Å². The summed E-state index contributed by atoms with van der Waals surface area (Å²) >= 11 is 0. The molecule has 1 aliphatic heterocycles. The third-order valence-corrected chi connectivity index (χ3v) is 5.97. The lowest BCUT2D eigenvalue weighted by atomic mass is 10.3. The molecule has 1 saturated carbocycles. The Balaban J connectivity index is 1.72. The maximum atomic E-state index is 12.6. The number of hydrogen-bond donors (Lipinski definition) is 0. The van der Waals surface area contributed by atoms with Crippen LogP contribution >= 0.6 is 0 Å². The van der Waals surface area contributed by atoms with E-state index in [0.29, 0.717) is 13.1 Å². The van der Waals surface area contributed by atoms with Crippen molar-refractivity contribution in [1.29, 1.82) is 5.26 Å². The topological polar surface area (TPSA) is 77.3 Å². The van der Waals surface area contributed by atoms with Crippen LogP contribution in [0.15, 0.2) is 23.2 Å². The van der Waals surface area contributed by atoms with Gasteiger partial charge in [0.1, 0.15) is 11.0 Å². The minimum Gasteiger partial charge on any atom is -0.300 e. The molecule has 1 aromatic heterocycles. The van der Waals surface area contributed by atoms with Crippen molar-refractivity contribution >= 4 is 10.0 Å². The quantitative estimate of drug-likeness (QED) is 0.817. The molecule has 2 heterocycles. The van der Waals surface area contributed by atoms with E-state index < -0.39 is 10.0 Å². The molecule has 2 aliphatic rings. The third kappa shape index (κ3) is 3.07. The van der Waals surface area contributed by atoms with Crippen LogP contribution in [0.3, 0.4) is 0 Å². The Morgan fingerprint density at radius 2 is 2.00 bits per heavy atom. The van der Waals surface area contributed by atoms with Crippen LogP contribution in [-0.2, 0) is 10.0 Å². The van der Waals surface area contributed by atoms with E-state index in [9.17, 15) is 8.42 Å². The number of pyridine rings is 1. The zero-order valence-corrected chi connectivity index (χ0v) is 12.6. The summed E-state index contributed by atoms with van der Waals surface area (Å²) in [4.78, 5) is 6.19. The van der Waals surface area contributed by atoms with Gasteiger partial charge in [0.2, 0.25) is 10.0 Å². The molecule has 0 aromatic carbocycles. The van der Waals surface area contributed by atoms with Crippen molar-refractivity contribution in [3.8, 4) is 6.07 Å². The molecular formula is C14H18N4O2S. The van der Waals surface area contributed by atoms with Gasteiger partial charge in [-0.1, -0.05) is 0 Å². The Kier molecular flexibility index (Phi) is 3.93. The normalized spacial score (nSPS) is 21.1. The molecule has 6 nitrogen and oxygen atoms in total. The fraction of sp³-hybridized carbons (Fsp3) is 0.571. The van der Waals surface area contributed by atoms with Gasteiger partial charge in [0.25, 0.3) is 0 Å². The largest absolute Gasteiger partial charge is 0.300 e. The highest BCUT2D eigenvalue weighted by molar-refractivity contribution is 7.89. The van der Waals surface area contributed by atoms with Gasteiger partial charge in [0.15, 0.2) is 5.69 Å². The van der Waals surface area contributed by atoms with Crippen molar-refractivity contribution in [2.75, 3.05) is 32.7 Å². The molecule has 1 aliphatic carbocycles. The van der Waals surface area contributed by atoms with Crippen molar-refractivity contribution in [1.82, 2.24) is 14.2 Å². The van der Waals surface area contributed by atoms with Gasteiger partial charge in [0, 0.05) is 38.9 Å². The van der Waals surface area contributed by atoms with E-state index in [1.54, 1.807) is 6.07 Å². The molecule has 0 amide bonds. The fourth-order valence-corrected chi connectivity index (χ4v) is 4.16. The Morgan fingerprint density at radius 1 is 1.29 bits per heavy atom. The van der Waals surface area contributed by atoms with E-state index in [1.807, 2.05) is 6.07 Å². The highest BCUT2D eigenvalue weighted by atomic mass is 32.2. The van der Waals surface area contributed by atoms with Crippen LogP contribution < -0.4 is 0 Å². The molecule has 0 N–H and O–H groups in total. The van der Waals surface area contributed by atoms with Crippen LogP contribution in [0.5, 0.6) is 0 Å². The summed E-state index contributed by atoms with van der Waals surface area (Å²) in [6.07, 6.45) is 4.05. The predicted octanol–water partition coefficient (Wildman–Crippen LogP) is 0.670. The average molecular weight is 306 g/mol. The lowest BCUT2D eigenvalue weighted by molar-refractivity contribution is 0.182. The van der Waals surface area contributed by atoms with Crippen molar-refractivity contribution in [3.63, 3.8) is 0 Å². The van der Waals surface area contributed by atoms with Crippen LogP contribution in [0.1, 0.15) is 18.5 Å². The minimum absolute atomic E-state index is 0.0168. The van der Waals surface area contributed by atoms with Gasteiger partial charge in [-0.25, -0.2) is 13.4 Å². The molecular weight excluding hydrogens is 288 g/mol. The first-order valence-corrected chi connectivity index (χ1v) is 8.63. The maximum absolute atomic E-state index is 12.6. The fourth-order valence-electron chi connectivity index (χ4n) is 2.64. The molecule has 7 heteroatoms. The van der Waals surface area contributed by atoms with Crippen LogP contribution in [0.4, 0.5) is 0 Å². The van der Waals surface area contributed by atoms with Crippen molar-refractivity contribution in [2.45, 2.75) is 17.7 Å². The van der Waals surface area contributed by atoms with Gasteiger partial charge in [-0.3, -0.25) is 0 Å². The molecule has 0 bridgehead atoms. The highest BCUT2D eigenvalue weighted by Crippen LogP contribution is 2.30. The number of aromatic nitrogens is 1. The number of rotatable bonds is 4. The molecule has 0 atom stereocenters. The maximum Gasteiger partial charge on any atom is 0.246 e. The SMILES string of the molecule is N#Cc1ncccc1S(=O)(=O)N1CCN(CC2CC2)CC1. The van der Waals surface area contributed by atoms with Crippen LogP contribution in [0, 0.1) is 17.2 Å². The summed E-state index contributed by atoms with van der Waals surface area (Å²) in [5.74, 6) is 0.816. The number of hydrogen-bond acceptors (Lipinski definition) is 5. The van der Waals surface area contributed by atoms with Gasteiger partial charge in [-0.05, 0) is 30.9 Å². The zero-order chi connectivity index (χ0) is 14.9. The average Bonchev–Trinajstić information content (AvgIpc) is 3.32. The first-order valence-electron chi connectivity index (χ1n) is 7.19. The molecule has 21 heavy (non-hydrogen) atoms. The van der Waals surface area contributed by atoms with E-state index in [4.69, 9.17) is 5.26 Å². The molecule has 0 spiro atoms. The summed E-state index contributed by atoms with van der Waals surface area (Å²) in [7, 11) is -3.62. The number of sulfonamides is 1. The van der Waals surface area contributed by atoms with Gasteiger partial charge >= 0.3 is 0 Å². The summed E-state index contributed by atoms with van der Waals surface area (Å²) in [5, 5.41) is 9.02. The van der Waals surface area contributed by atoms with Crippen molar-refractivity contribution < 1.29 is 8.42 Å². The Bertz CT molecular complexity index is 656. The Labute approximate surface area is 125 Å². The molecule has 2 fully saturated rings. The summed E-state index contributed by atoms with van der Waals surface area (Å²) in [6, 6.07) is 4.87. The second kappa shape index (κ2) is 5.72. The smallest absolute Gasteiger partial charge is 0.246 e. The van der Waals surface area contributed by atoms with Crippen LogP contribution in [-0.4, -0.2) is 55.3 Å². The van der Waals surface area contributed by atoms with E-state index in [1.165, 1.54) is 29.4 Å². The van der Waals surface area contributed by atoms with Crippen LogP contribution in [0.25, 0.3) is 0 Å². The standard InChI is InChI=1S/C14H18N4O2S/c15-10-13-14(2-1-5-16-13)21(19,20)18-8-6-17(7-9-18)11-12-3-4-12/h1-2,5,12H,3-4,6-9,11H2. The Morgan fingerprint density at radius 3 is 2.62 bits per heavy atom. The Hall–Kier alpha value is -1.49. The lowest BCUT2D eigenvalue weighted by Gasteiger charge is -2.34.